The van der Waals surface area contributed by atoms with Gasteiger partial charge in [0.25, 0.3) is 0 Å². The van der Waals surface area contributed by atoms with Crippen molar-refractivity contribution in [2.45, 2.75) is 18.9 Å². The van der Waals surface area contributed by atoms with Crippen molar-refractivity contribution >= 4 is 11.8 Å². The van der Waals surface area contributed by atoms with E-state index in [0.717, 1.165) is 4.90 Å². The molecule has 1 aliphatic rings. The molecule has 0 aliphatic carbocycles. The molecular formula is C12H13FN2O2. The van der Waals surface area contributed by atoms with Crippen molar-refractivity contribution in [3.8, 4) is 0 Å². The lowest BCUT2D eigenvalue weighted by molar-refractivity contribution is -0.138. The zero-order valence-electron chi connectivity index (χ0n) is 9.23. The fourth-order valence-corrected chi connectivity index (χ4v) is 1.90. The first kappa shape index (κ1) is 11.7. The Balaban J connectivity index is 2.12. The summed E-state index contributed by atoms with van der Waals surface area (Å²) in [5.74, 6) is -0.886. The van der Waals surface area contributed by atoms with Gasteiger partial charge in [-0.15, -0.1) is 0 Å². The molecule has 4 nitrogen and oxygen atoms in total. The van der Waals surface area contributed by atoms with Gasteiger partial charge in [0.15, 0.2) is 0 Å². The Kier molecular flexibility index (Phi) is 3.19. The highest BCUT2D eigenvalue weighted by molar-refractivity contribution is 6.01. The number of carbonyl (C=O) groups is 2. The van der Waals surface area contributed by atoms with Gasteiger partial charge in [-0.3, -0.25) is 14.5 Å². The highest BCUT2D eigenvalue weighted by Crippen LogP contribution is 2.19. The molecule has 1 saturated heterocycles. The first-order valence-electron chi connectivity index (χ1n) is 5.43. The van der Waals surface area contributed by atoms with Crippen LogP contribution in [-0.2, 0) is 9.59 Å². The van der Waals surface area contributed by atoms with E-state index in [9.17, 15) is 14.0 Å². The summed E-state index contributed by atoms with van der Waals surface area (Å²) in [6.07, 6.45) is 0.450. The van der Waals surface area contributed by atoms with Gasteiger partial charge in [-0.2, -0.15) is 0 Å². The lowest BCUT2D eigenvalue weighted by atomic mass is 10.1. The second-order valence-electron chi connectivity index (χ2n) is 4.03. The third kappa shape index (κ3) is 2.34. The van der Waals surface area contributed by atoms with Gasteiger partial charge in [0.05, 0.1) is 6.04 Å². The van der Waals surface area contributed by atoms with Crippen LogP contribution in [-0.4, -0.2) is 23.3 Å². The lowest BCUT2D eigenvalue weighted by Gasteiger charge is -2.19. The van der Waals surface area contributed by atoms with E-state index in [0.29, 0.717) is 5.56 Å². The van der Waals surface area contributed by atoms with Crippen LogP contribution in [0.5, 0.6) is 0 Å². The number of nitrogens with two attached hydrogens (primary N) is 1. The summed E-state index contributed by atoms with van der Waals surface area (Å²) < 4.78 is 13.4. The summed E-state index contributed by atoms with van der Waals surface area (Å²) in [6, 6.07) is 5.43. The van der Waals surface area contributed by atoms with E-state index < -0.39 is 11.9 Å². The van der Waals surface area contributed by atoms with Gasteiger partial charge < -0.3 is 5.73 Å². The number of amides is 2. The van der Waals surface area contributed by atoms with Crippen molar-refractivity contribution < 1.29 is 14.0 Å². The van der Waals surface area contributed by atoms with Crippen molar-refractivity contribution in [3.63, 3.8) is 0 Å². The number of benzene rings is 1. The molecule has 1 aromatic rings. The van der Waals surface area contributed by atoms with Gasteiger partial charge in [-0.1, -0.05) is 18.2 Å². The van der Waals surface area contributed by atoms with E-state index in [1.54, 1.807) is 18.2 Å². The van der Waals surface area contributed by atoms with Crippen LogP contribution in [0.3, 0.4) is 0 Å². The Labute approximate surface area is 98.2 Å². The van der Waals surface area contributed by atoms with Gasteiger partial charge in [-0.05, 0) is 6.07 Å². The molecule has 0 saturated carbocycles. The smallest absolute Gasteiger partial charge is 0.229 e. The Morgan fingerprint density at radius 2 is 1.82 bits per heavy atom. The molecule has 2 rings (SSSR count). The molecule has 90 valence electrons. The summed E-state index contributed by atoms with van der Waals surface area (Å²) in [7, 11) is 0. The second kappa shape index (κ2) is 4.63. The van der Waals surface area contributed by atoms with Gasteiger partial charge in [-0.25, -0.2) is 4.39 Å². The van der Waals surface area contributed by atoms with Gasteiger partial charge in [0.2, 0.25) is 11.8 Å². The molecule has 2 N–H and O–H groups in total. The normalized spacial score (nSPS) is 17.6. The van der Waals surface area contributed by atoms with Crippen LogP contribution in [0.1, 0.15) is 24.4 Å². The van der Waals surface area contributed by atoms with Crippen LogP contribution < -0.4 is 5.73 Å². The zero-order chi connectivity index (χ0) is 12.4. The fraction of sp³-hybridized carbons (Fsp3) is 0.333. The minimum Gasteiger partial charge on any atom is -0.322 e. The Bertz CT molecular complexity index is 446. The van der Waals surface area contributed by atoms with Crippen LogP contribution in [0, 0.1) is 5.82 Å². The third-order valence-electron chi connectivity index (χ3n) is 2.84. The maximum Gasteiger partial charge on any atom is 0.229 e. The fourth-order valence-electron chi connectivity index (χ4n) is 1.90. The van der Waals surface area contributed by atoms with Crippen molar-refractivity contribution in [3.05, 3.63) is 35.6 Å². The number of halogens is 1. The minimum atomic E-state index is -0.679. The molecule has 1 unspecified atom stereocenters. The van der Waals surface area contributed by atoms with Gasteiger partial charge in [0, 0.05) is 24.9 Å². The number of carbonyl (C=O) groups excluding carboxylic acids is 2. The predicted molar refractivity (Wildman–Crippen MR) is 59.3 cm³/mol. The van der Waals surface area contributed by atoms with Gasteiger partial charge in [0.1, 0.15) is 5.82 Å². The molecule has 17 heavy (non-hydrogen) atoms. The number of imide groups is 1. The molecular weight excluding hydrogens is 223 g/mol. The van der Waals surface area contributed by atoms with Crippen molar-refractivity contribution in [1.82, 2.24) is 4.90 Å². The third-order valence-corrected chi connectivity index (χ3v) is 2.84. The van der Waals surface area contributed by atoms with Crippen molar-refractivity contribution in [2.24, 2.45) is 5.73 Å². The van der Waals surface area contributed by atoms with Gasteiger partial charge >= 0.3 is 0 Å². The summed E-state index contributed by atoms with van der Waals surface area (Å²) in [5.41, 5.74) is 6.13. The van der Waals surface area contributed by atoms with E-state index in [1.165, 1.54) is 6.07 Å². The van der Waals surface area contributed by atoms with E-state index in [1.807, 2.05) is 0 Å². The first-order valence-corrected chi connectivity index (χ1v) is 5.43. The first-order chi connectivity index (χ1) is 8.09. The number of likely N-dealkylation sites (tertiary alicyclic amines) is 1. The van der Waals surface area contributed by atoms with E-state index in [4.69, 9.17) is 5.73 Å². The van der Waals surface area contributed by atoms with Crippen LogP contribution >= 0.6 is 0 Å². The quantitative estimate of drug-likeness (QED) is 0.795. The largest absolute Gasteiger partial charge is 0.322 e. The number of rotatable bonds is 3. The Morgan fingerprint density at radius 3 is 2.41 bits per heavy atom. The van der Waals surface area contributed by atoms with E-state index in [2.05, 4.69) is 0 Å². The maximum atomic E-state index is 13.4. The molecule has 0 aromatic heterocycles. The Morgan fingerprint density at radius 1 is 1.24 bits per heavy atom. The predicted octanol–water partition coefficient (Wildman–Crippen LogP) is 0.974. The summed E-state index contributed by atoms with van der Waals surface area (Å²) >= 11 is 0. The number of nitrogens with zero attached hydrogens (tertiary/aromatic N) is 1. The van der Waals surface area contributed by atoms with Crippen molar-refractivity contribution in [2.75, 3.05) is 6.54 Å². The van der Waals surface area contributed by atoms with Crippen LogP contribution in [0.15, 0.2) is 24.3 Å². The molecule has 0 radical (unpaired) electrons. The SMILES string of the molecule is NC(CN1C(=O)CCC1=O)c1ccccc1F. The molecule has 0 spiro atoms. The monoisotopic (exact) mass is 236 g/mol. The molecule has 1 aliphatic heterocycles. The zero-order valence-corrected chi connectivity index (χ0v) is 9.23. The molecule has 2 amide bonds. The van der Waals surface area contributed by atoms with Crippen LogP contribution in [0.25, 0.3) is 0 Å². The average molecular weight is 236 g/mol. The Hall–Kier alpha value is -1.75. The molecule has 1 atom stereocenters. The van der Waals surface area contributed by atoms with Crippen molar-refractivity contribution in [1.29, 1.82) is 0 Å². The highest BCUT2D eigenvalue weighted by atomic mass is 19.1. The topological polar surface area (TPSA) is 63.4 Å². The number of hydrogen-bond acceptors (Lipinski definition) is 3. The lowest BCUT2D eigenvalue weighted by Crippen LogP contribution is -2.36. The van der Waals surface area contributed by atoms with E-state index in [-0.39, 0.29) is 31.2 Å². The van der Waals surface area contributed by atoms with Crippen LogP contribution in [0.2, 0.25) is 0 Å². The van der Waals surface area contributed by atoms with Crippen LogP contribution in [0.4, 0.5) is 4.39 Å². The highest BCUT2D eigenvalue weighted by Gasteiger charge is 2.30. The second-order valence-corrected chi connectivity index (χ2v) is 4.03. The maximum absolute atomic E-state index is 13.4. The standard InChI is InChI=1S/C12H13FN2O2/c13-9-4-2-1-3-8(9)10(14)7-15-11(16)5-6-12(15)17/h1-4,10H,5-7,14H2. The van der Waals surface area contributed by atoms with E-state index >= 15 is 0 Å². The molecule has 1 fully saturated rings. The summed E-state index contributed by atoms with van der Waals surface area (Å²) in [5, 5.41) is 0. The molecule has 5 heteroatoms. The average Bonchev–Trinajstić information content (AvgIpc) is 2.61. The number of hydrogen-bond donors (Lipinski definition) is 1. The molecule has 1 heterocycles. The minimum absolute atomic E-state index is 0.0403. The summed E-state index contributed by atoms with van der Waals surface area (Å²) in [4.78, 5) is 23.9. The molecule has 0 bridgehead atoms. The molecule has 1 aromatic carbocycles. The summed E-state index contributed by atoms with van der Waals surface area (Å²) in [6.45, 7) is 0.0403.